The summed E-state index contributed by atoms with van der Waals surface area (Å²) in [5.41, 5.74) is 7.18. The summed E-state index contributed by atoms with van der Waals surface area (Å²) in [4.78, 5) is 0. The van der Waals surface area contributed by atoms with Crippen LogP contribution in [0.3, 0.4) is 0 Å². The zero-order valence-electron chi connectivity index (χ0n) is 11.9. The van der Waals surface area contributed by atoms with Gasteiger partial charge in [-0.15, -0.1) is 0 Å². The molecule has 3 rings (SSSR count). The Labute approximate surface area is 115 Å². The summed E-state index contributed by atoms with van der Waals surface area (Å²) in [5, 5.41) is 0. The van der Waals surface area contributed by atoms with E-state index >= 15 is 0 Å². The molecule has 0 N–H and O–H groups in total. The third kappa shape index (κ3) is 2.23. The van der Waals surface area contributed by atoms with Crippen LogP contribution in [0.5, 0.6) is 0 Å². The Hall–Kier alpha value is -1.82. The Morgan fingerprint density at radius 2 is 1.68 bits per heavy atom. The van der Waals surface area contributed by atoms with Crippen LogP contribution in [0.2, 0.25) is 0 Å². The van der Waals surface area contributed by atoms with Gasteiger partial charge in [-0.3, -0.25) is 0 Å². The molecule has 1 aliphatic rings. The average Bonchev–Trinajstić information content (AvgIpc) is 2.82. The van der Waals surface area contributed by atoms with Crippen LogP contribution in [0.1, 0.15) is 43.0 Å². The highest BCUT2D eigenvalue weighted by atomic mass is 14.2. The minimum atomic E-state index is 0.203. The summed E-state index contributed by atoms with van der Waals surface area (Å²) in [5.74, 6) is 0. The maximum absolute atomic E-state index is 2.35. The second-order valence-electron chi connectivity index (χ2n) is 6.31. The summed E-state index contributed by atoms with van der Waals surface area (Å²) >= 11 is 0. The number of benzene rings is 2. The molecule has 0 heterocycles. The van der Waals surface area contributed by atoms with Crippen molar-refractivity contribution in [3.63, 3.8) is 0 Å². The van der Waals surface area contributed by atoms with Crippen LogP contribution in [-0.2, 0) is 11.8 Å². The second-order valence-corrected chi connectivity index (χ2v) is 6.31. The van der Waals surface area contributed by atoms with Gasteiger partial charge in [0.2, 0.25) is 0 Å². The third-order valence-corrected chi connectivity index (χ3v) is 3.87. The fraction of sp³-hybridized carbons (Fsp3) is 0.263. The maximum Gasteiger partial charge on any atom is -0.00819 e. The van der Waals surface area contributed by atoms with E-state index in [1.807, 2.05) is 0 Å². The van der Waals surface area contributed by atoms with Gasteiger partial charge in [-0.25, -0.2) is 0 Å². The number of fused-ring (bicyclic) bond motifs is 1. The van der Waals surface area contributed by atoms with Crippen molar-refractivity contribution in [2.75, 3.05) is 0 Å². The monoisotopic (exact) mass is 248 g/mol. The van der Waals surface area contributed by atoms with Gasteiger partial charge in [-0.2, -0.15) is 0 Å². The lowest BCUT2D eigenvalue weighted by molar-refractivity contribution is 0.590. The molecule has 19 heavy (non-hydrogen) atoms. The van der Waals surface area contributed by atoms with Crippen LogP contribution in [0.4, 0.5) is 0 Å². The summed E-state index contributed by atoms with van der Waals surface area (Å²) in [6.45, 7) is 6.80. The SMILES string of the molecule is CC(C)(C)c1cccc(C2=CCc3ccccc32)c1. The largest absolute Gasteiger partial charge is 0.0716 e. The van der Waals surface area contributed by atoms with Crippen molar-refractivity contribution >= 4 is 5.57 Å². The van der Waals surface area contributed by atoms with Gasteiger partial charge in [0.15, 0.2) is 0 Å². The van der Waals surface area contributed by atoms with Crippen molar-refractivity contribution in [3.05, 3.63) is 76.9 Å². The quantitative estimate of drug-likeness (QED) is 0.668. The van der Waals surface area contributed by atoms with Crippen LogP contribution >= 0.6 is 0 Å². The zero-order chi connectivity index (χ0) is 13.5. The lowest BCUT2D eigenvalue weighted by Crippen LogP contribution is -2.11. The predicted octanol–water partition coefficient (Wildman–Crippen LogP) is 4.97. The van der Waals surface area contributed by atoms with Crippen LogP contribution in [-0.4, -0.2) is 0 Å². The van der Waals surface area contributed by atoms with E-state index in [2.05, 4.69) is 75.4 Å². The van der Waals surface area contributed by atoms with Gasteiger partial charge in [-0.1, -0.05) is 75.4 Å². The fourth-order valence-electron chi connectivity index (χ4n) is 2.71. The Balaban J connectivity index is 2.06. The van der Waals surface area contributed by atoms with Gasteiger partial charge in [0, 0.05) is 0 Å². The van der Waals surface area contributed by atoms with Crippen LogP contribution in [0.15, 0.2) is 54.6 Å². The second kappa shape index (κ2) is 4.38. The van der Waals surface area contributed by atoms with E-state index in [1.165, 1.54) is 27.8 Å². The highest BCUT2D eigenvalue weighted by molar-refractivity contribution is 5.84. The Morgan fingerprint density at radius 3 is 2.47 bits per heavy atom. The van der Waals surface area contributed by atoms with E-state index in [4.69, 9.17) is 0 Å². The minimum absolute atomic E-state index is 0.203. The lowest BCUT2D eigenvalue weighted by Gasteiger charge is -2.20. The maximum atomic E-state index is 2.35. The summed E-state index contributed by atoms with van der Waals surface area (Å²) in [6, 6.07) is 17.7. The van der Waals surface area contributed by atoms with Crippen molar-refractivity contribution in [3.8, 4) is 0 Å². The first-order chi connectivity index (χ1) is 9.05. The van der Waals surface area contributed by atoms with Crippen molar-refractivity contribution in [1.82, 2.24) is 0 Å². The fourth-order valence-corrected chi connectivity index (χ4v) is 2.71. The molecule has 0 aliphatic heterocycles. The molecule has 0 saturated heterocycles. The standard InChI is InChI=1S/C19H20/c1-19(2,3)16-9-6-8-15(13-16)18-12-11-14-7-4-5-10-17(14)18/h4-10,12-13H,11H2,1-3H3. The molecule has 0 aromatic heterocycles. The van der Waals surface area contributed by atoms with E-state index in [0.717, 1.165) is 6.42 Å². The molecule has 0 fully saturated rings. The molecule has 0 amide bonds. The van der Waals surface area contributed by atoms with E-state index in [-0.39, 0.29) is 5.41 Å². The van der Waals surface area contributed by atoms with E-state index < -0.39 is 0 Å². The number of rotatable bonds is 1. The molecule has 2 aromatic rings. The van der Waals surface area contributed by atoms with Gasteiger partial charge in [0.25, 0.3) is 0 Å². The molecule has 0 nitrogen and oxygen atoms in total. The van der Waals surface area contributed by atoms with E-state index in [9.17, 15) is 0 Å². The average molecular weight is 248 g/mol. The number of hydrogen-bond acceptors (Lipinski definition) is 0. The third-order valence-electron chi connectivity index (χ3n) is 3.87. The van der Waals surface area contributed by atoms with Gasteiger partial charge >= 0.3 is 0 Å². The first kappa shape index (κ1) is 12.2. The summed E-state index contributed by atoms with van der Waals surface area (Å²) in [6.07, 6.45) is 3.41. The van der Waals surface area contributed by atoms with Crippen molar-refractivity contribution in [2.45, 2.75) is 32.6 Å². The molecule has 0 radical (unpaired) electrons. The Bertz CT molecular complexity index is 639. The Kier molecular flexibility index (Phi) is 2.82. The number of allylic oxidation sites excluding steroid dienone is 1. The minimum Gasteiger partial charge on any atom is -0.0716 e. The van der Waals surface area contributed by atoms with Gasteiger partial charge in [0.05, 0.1) is 0 Å². The molecule has 0 spiro atoms. The van der Waals surface area contributed by atoms with Gasteiger partial charge < -0.3 is 0 Å². The zero-order valence-corrected chi connectivity index (χ0v) is 11.9. The molecule has 96 valence electrons. The molecular formula is C19H20. The smallest absolute Gasteiger partial charge is 0.00819 e. The lowest BCUT2D eigenvalue weighted by atomic mass is 9.85. The normalized spacial score (nSPS) is 14.2. The molecule has 0 atom stereocenters. The first-order valence-corrected chi connectivity index (χ1v) is 6.95. The molecule has 0 heteroatoms. The highest BCUT2D eigenvalue weighted by Gasteiger charge is 2.18. The predicted molar refractivity (Wildman–Crippen MR) is 82.4 cm³/mol. The molecule has 0 unspecified atom stereocenters. The van der Waals surface area contributed by atoms with Crippen molar-refractivity contribution in [1.29, 1.82) is 0 Å². The molecule has 2 aromatic carbocycles. The Morgan fingerprint density at radius 1 is 0.895 bits per heavy atom. The first-order valence-electron chi connectivity index (χ1n) is 6.95. The summed E-state index contributed by atoms with van der Waals surface area (Å²) < 4.78 is 0. The van der Waals surface area contributed by atoms with Crippen LogP contribution in [0.25, 0.3) is 5.57 Å². The molecule has 0 bridgehead atoms. The molecular weight excluding hydrogens is 228 g/mol. The van der Waals surface area contributed by atoms with E-state index in [1.54, 1.807) is 0 Å². The van der Waals surface area contributed by atoms with Crippen LogP contribution < -0.4 is 0 Å². The van der Waals surface area contributed by atoms with Gasteiger partial charge in [0.1, 0.15) is 0 Å². The van der Waals surface area contributed by atoms with Crippen LogP contribution in [0, 0.1) is 0 Å². The highest BCUT2D eigenvalue weighted by Crippen LogP contribution is 2.34. The van der Waals surface area contributed by atoms with Crippen molar-refractivity contribution in [2.24, 2.45) is 0 Å². The number of hydrogen-bond donors (Lipinski definition) is 0. The molecule has 0 saturated carbocycles. The summed E-state index contributed by atoms with van der Waals surface area (Å²) in [7, 11) is 0. The topological polar surface area (TPSA) is 0 Å². The van der Waals surface area contributed by atoms with Gasteiger partial charge in [-0.05, 0) is 39.7 Å². The van der Waals surface area contributed by atoms with Crippen molar-refractivity contribution < 1.29 is 0 Å². The molecule has 1 aliphatic carbocycles. The van der Waals surface area contributed by atoms with E-state index in [0.29, 0.717) is 0 Å².